The van der Waals surface area contributed by atoms with Gasteiger partial charge in [0.1, 0.15) is 23.0 Å². The van der Waals surface area contributed by atoms with Crippen LogP contribution >= 0.6 is 0 Å². The topological polar surface area (TPSA) is 198 Å². The van der Waals surface area contributed by atoms with Gasteiger partial charge in [0.15, 0.2) is 0 Å². The molecule has 14 heteroatoms. The average molecular weight is 847 g/mol. The Hall–Kier alpha value is -7.48. The molecule has 14 nitrogen and oxygen atoms in total. The Morgan fingerprint density at radius 2 is 0.500 bits per heavy atom. The van der Waals surface area contributed by atoms with Gasteiger partial charge in [-0.25, -0.2) is 28.8 Å². The summed E-state index contributed by atoms with van der Waals surface area (Å²) in [5, 5.41) is 18.6. The lowest BCUT2D eigenvalue weighted by Gasteiger charge is -2.08. The molecular formula is C48H46O14. The van der Waals surface area contributed by atoms with Crippen molar-refractivity contribution in [3.63, 3.8) is 0 Å². The third-order valence-corrected chi connectivity index (χ3v) is 9.17. The number of carbonyl (C=O) groups excluding carboxylic acids is 6. The van der Waals surface area contributed by atoms with Gasteiger partial charge in [0, 0.05) is 0 Å². The molecule has 0 saturated heterocycles. The van der Waals surface area contributed by atoms with Crippen molar-refractivity contribution >= 4 is 35.8 Å². The Balaban J connectivity index is 0.922. The highest BCUT2D eigenvalue weighted by atomic mass is 16.6. The first-order valence-electron chi connectivity index (χ1n) is 20.1. The summed E-state index contributed by atoms with van der Waals surface area (Å²) in [6, 6.07) is 29.1. The van der Waals surface area contributed by atoms with Crippen LogP contribution in [0.4, 0.5) is 0 Å². The van der Waals surface area contributed by atoms with Crippen molar-refractivity contribution in [2.75, 3.05) is 26.4 Å². The van der Waals surface area contributed by atoms with Crippen LogP contribution in [0.15, 0.2) is 121 Å². The van der Waals surface area contributed by atoms with Crippen LogP contribution in [0.25, 0.3) is 0 Å². The van der Waals surface area contributed by atoms with Gasteiger partial charge < -0.3 is 38.6 Å². The summed E-state index contributed by atoms with van der Waals surface area (Å²) in [6.45, 7) is 0.954. The molecular weight excluding hydrogens is 801 g/mol. The number of hydrogen-bond acceptors (Lipinski definition) is 14. The number of benzene rings is 5. The second-order valence-corrected chi connectivity index (χ2v) is 13.9. The zero-order chi connectivity index (χ0) is 44.1. The van der Waals surface area contributed by atoms with Gasteiger partial charge in [0.25, 0.3) is 0 Å². The van der Waals surface area contributed by atoms with Crippen molar-refractivity contribution in [1.82, 2.24) is 0 Å². The van der Waals surface area contributed by atoms with Crippen molar-refractivity contribution in [3.05, 3.63) is 155 Å². The molecule has 2 N–H and O–H groups in total. The summed E-state index contributed by atoms with van der Waals surface area (Å²) in [6.07, 6.45) is 5.69. The number of ether oxygens (including phenoxy) is 6. The van der Waals surface area contributed by atoms with Crippen LogP contribution in [-0.2, 0) is 18.9 Å². The van der Waals surface area contributed by atoms with Gasteiger partial charge in [0.2, 0.25) is 0 Å². The summed E-state index contributed by atoms with van der Waals surface area (Å²) in [5.74, 6) is -2.76. The SMILES string of the molecule is O=C(OCCCCCCOC(=O)c1ccc(OC(=O)c2ccc(C(=O)Oc3ccc(C(=O)OCCCCCCOC(=O)c4ccc(O)cc4)cc3)cc2)cc1)c1ccc(O)cc1. The number of aromatic hydroxyl groups is 2. The lowest BCUT2D eigenvalue weighted by Crippen LogP contribution is -2.12. The maximum absolute atomic E-state index is 12.8. The van der Waals surface area contributed by atoms with Crippen molar-refractivity contribution in [3.8, 4) is 23.0 Å². The minimum Gasteiger partial charge on any atom is -0.508 e. The van der Waals surface area contributed by atoms with Crippen molar-refractivity contribution in [2.45, 2.75) is 51.4 Å². The largest absolute Gasteiger partial charge is 0.508 e. The van der Waals surface area contributed by atoms with Crippen LogP contribution in [-0.4, -0.2) is 72.5 Å². The Morgan fingerprint density at radius 3 is 0.758 bits per heavy atom. The van der Waals surface area contributed by atoms with Gasteiger partial charge in [-0.1, -0.05) is 0 Å². The minimum absolute atomic E-state index is 0.0708. The molecule has 0 bridgehead atoms. The summed E-state index contributed by atoms with van der Waals surface area (Å²) >= 11 is 0. The van der Waals surface area contributed by atoms with Gasteiger partial charge in [0.05, 0.1) is 59.8 Å². The standard InChI is InChI=1S/C48H46O14/c49-39-21-13-33(14-22-39)43(51)57-29-5-1-3-7-31-59-45(53)35-17-25-41(26-18-35)61-47(55)37-9-11-38(12-10-37)48(56)62-42-27-19-36(20-28-42)46(54)60-32-8-4-2-6-30-58-44(52)34-15-23-40(50)24-16-34/h9-28,49-50H,1-8,29-32H2. The van der Waals surface area contributed by atoms with Gasteiger partial charge in [-0.15, -0.1) is 0 Å². The molecule has 5 aromatic carbocycles. The third kappa shape index (κ3) is 15.0. The van der Waals surface area contributed by atoms with E-state index in [2.05, 4.69) is 0 Å². The van der Waals surface area contributed by atoms with Crippen molar-refractivity contribution < 1.29 is 67.4 Å². The van der Waals surface area contributed by atoms with E-state index in [1.165, 1.54) is 121 Å². The van der Waals surface area contributed by atoms with E-state index < -0.39 is 35.8 Å². The van der Waals surface area contributed by atoms with Crippen molar-refractivity contribution in [1.29, 1.82) is 0 Å². The summed E-state index contributed by atoms with van der Waals surface area (Å²) in [4.78, 5) is 74.4. The van der Waals surface area contributed by atoms with E-state index in [0.29, 0.717) is 36.8 Å². The predicted octanol–water partition coefficient (Wildman–Crippen LogP) is 8.68. The fourth-order valence-electron chi connectivity index (χ4n) is 5.70. The molecule has 0 fully saturated rings. The number of phenolic OH excluding ortho intramolecular Hbond substituents is 2. The molecule has 0 spiro atoms. The molecule has 0 unspecified atom stereocenters. The summed E-state index contributed by atoms with van der Waals surface area (Å²) in [7, 11) is 0. The van der Waals surface area contributed by atoms with Gasteiger partial charge in [-0.3, -0.25) is 0 Å². The van der Waals surface area contributed by atoms with Crippen LogP contribution in [0.5, 0.6) is 23.0 Å². The van der Waals surface area contributed by atoms with Crippen molar-refractivity contribution in [2.24, 2.45) is 0 Å². The summed E-state index contributed by atoms with van der Waals surface area (Å²) < 4.78 is 31.9. The van der Waals surface area contributed by atoms with Crippen LogP contribution < -0.4 is 9.47 Å². The number of carbonyl (C=O) groups is 6. The van der Waals surface area contributed by atoms with E-state index in [9.17, 15) is 39.0 Å². The first-order chi connectivity index (χ1) is 30.0. The second-order valence-electron chi connectivity index (χ2n) is 13.9. The minimum atomic E-state index is -0.677. The van der Waals surface area contributed by atoms with Crippen LogP contribution in [0, 0.1) is 0 Å². The monoisotopic (exact) mass is 846 g/mol. The molecule has 0 saturated carbocycles. The smallest absolute Gasteiger partial charge is 0.343 e. The fraction of sp³-hybridized carbons (Fsp3) is 0.250. The Labute approximate surface area is 357 Å². The average Bonchev–Trinajstić information content (AvgIpc) is 3.28. The molecule has 0 amide bonds. The quantitative estimate of drug-likeness (QED) is 0.0290. The van der Waals surface area contributed by atoms with E-state index in [-0.39, 0.29) is 71.7 Å². The van der Waals surface area contributed by atoms with Gasteiger partial charge in [-0.2, -0.15) is 0 Å². The normalized spacial score (nSPS) is 10.6. The molecule has 0 aliphatic rings. The van der Waals surface area contributed by atoms with E-state index in [4.69, 9.17) is 28.4 Å². The molecule has 0 aliphatic heterocycles. The number of esters is 6. The first-order valence-corrected chi connectivity index (χ1v) is 20.1. The van der Waals surface area contributed by atoms with Gasteiger partial charge >= 0.3 is 35.8 Å². The zero-order valence-corrected chi connectivity index (χ0v) is 33.8. The second kappa shape index (κ2) is 23.9. The maximum atomic E-state index is 12.8. The van der Waals surface area contributed by atoms with E-state index in [1.807, 2.05) is 0 Å². The molecule has 5 aromatic rings. The number of hydrogen-bond donors (Lipinski definition) is 2. The maximum Gasteiger partial charge on any atom is 0.343 e. The predicted molar refractivity (Wildman–Crippen MR) is 224 cm³/mol. The molecule has 0 aromatic heterocycles. The number of rotatable bonds is 22. The molecule has 0 radical (unpaired) electrons. The molecule has 62 heavy (non-hydrogen) atoms. The van der Waals surface area contributed by atoms with Crippen LogP contribution in [0.1, 0.15) is 114 Å². The highest BCUT2D eigenvalue weighted by Crippen LogP contribution is 2.19. The van der Waals surface area contributed by atoms with Gasteiger partial charge in [-0.05, 0) is 173 Å². The fourth-order valence-corrected chi connectivity index (χ4v) is 5.70. The lowest BCUT2D eigenvalue weighted by molar-refractivity contribution is 0.0473. The number of phenols is 2. The Kier molecular flexibility index (Phi) is 17.6. The Bertz CT molecular complexity index is 2090. The van der Waals surface area contributed by atoms with Crippen LogP contribution in [0.3, 0.4) is 0 Å². The Morgan fingerprint density at radius 1 is 0.290 bits per heavy atom. The molecule has 0 heterocycles. The highest BCUT2D eigenvalue weighted by Gasteiger charge is 2.15. The van der Waals surface area contributed by atoms with E-state index in [0.717, 1.165) is 25.7 Å². The first kappa shape index (κ1) is 45.6. The van der Waals surface area contributed by atoms with E-state index in [1.54, 1.807) is 0 Å². The molecule has 322 valence electrons. The lowest BCUT2D eigenvalue weighted by atomic mass is 10.1. The van der Waals surface area contributed by atoms with E-state index >= 15 is 0 Å². The van der Waals surface area contributed by atoms with Crippen LogP contribution in [0.2, 0.25) is 0 Å². The zero-order valence-electron chi connectivity index (χ0n) is 33.8. The molecule has 5 rings (SSSR count). The number of unbranched alkanes of at least 4 members (excludes halogenated alkanes) is 6. The summed E-state index contributed by atoms with van der Waals surface area (Å²) in [5.41, 5.74) is 1.66. The highest BCUT2D eigenvalue weighted by molar-refractivity contribution is 5.95. The molecule has 0 aliphatic carbocycles. The molecule has 0 atom stereocenters. The third-order valence-electron chi connectivity index (χ3n) is 9.17.